The second-order valence-corrected chi connectivity index (χ2v) is 1.52. The average molecular weight is 121 g/mol. The van der Waals surface area contributed by atoms with Crippen LogP contribution in [0.5, 0.6) is 0 Å². The normalized spacial score (nSPS) is 17.4. The third-order valence-corrected chi connectivity index (χ3v) is 0.870. The molecule has 0 rings (SSSR count). The highest BCUT2D eigenvalue weighted by molar-refractivity contribution is 5.76. The number of carboxylic acids is 1. The number of hydrogen-bond acceptors (Lipinski definition) is 2. The maximum atomic E-state index is 12.1. The highest BCUT2D eigenvalue weighted by Gasteiger charge is 2.30. The Morgan fingerprint density at radius 1 is 2.00 bits per heavy atom. The molecule has 3 N–H and O–H groups in total. The van der Waals surface area contributed by atoms with Crippen LogP contribution in [0.3, 0.4) is 0 Å². The van der Waals surface area contributed by atoms with Crippen LogP contribution >= 0.6 is 0 Å². The number of rotatable bonds is 2. The quantitative estimate of drug-likeness (QED) is 0.509. The zero-order valence-corrected chi connectivity index (χ0v) is 4.52. The van der Waals surface area contributed by atoms with Crippen molar-refractivity contribution < 1.29 is 14.3 Å². The Balaban J connectivity index is 3.91. The van der Waals surface area contributed by atoms with Crippen molar-refractivity contribution in [2.75, 3.05) is 0 Å². The van der Waals surface area contributed by atoms with E-state index in [1.54, 1.807) is 0 Å². The molecule has 0 heterocycles. The summed E-state index contributed by atoms with van der Waals surface area (Å²) >= 11 is 0. The molecule has 4 heteroatoms. The molecule has 0 radical (unpaired) electrons. The van der Waals surface area contributed by atoms with Gasteiger partial charge in [0.05, 0.1) is 0 Å². The minimum atomic E-state index is -2.54. The standard InChI is InChI=1S/C4H8FNO2/c1-2-4(5,6)3(7)8/h2,6H2,1H3,(H,7,8). The van der Waals surface area contributed by atoms with Crippen LogP contribution in [0.1, 0.15) is 13.3 Å². The van der Waals surface area contributed by atoms with E-state index >= 15 is 0 Å². The van der Waals surface area contributed by atoms with E-state index in [2.05, 4.69) is 5.73 Å². The van der Waals surface area contributed by atoms with Gasteiger partial charge in [0.1, 0.15) is 0 Å². The Morgan fingerprint density at radius 3 is 2.38 bits per heavy atom. The molecular formula is C4H8FNO2. The highest BCUT2D eigenvalue weighted by Crippen LogP contribution is 2.06. The Hall–Kier alpha value is -0.640. The summed E-state index contributed by atoms with van der Waals surface area (Å²) in [4.78, 5) is 9.75. The molecule has 0 aromatic carbocycles. The van der Waals surface area contributed by atoms with Gasteiger partial charge in [0.15, 0.2) is 0 Å². The van der Waals surface area contributed by atoms with Gasteiger partial charge in [-0.15, -0.1) is 0 Å². The first-order chi connectivity index (χ1) is 3.50. The molecule has 0 saturated heterocycles. The van der Waals surface area contributed by atoms with E-state index in [0.29, 0.717) is 0 Å². The molecule has 0 aliphatic rings. The number of alkyl halides is 1. The summed E-state index contributed by atoms with van der Waals surface area (Å²) in [6.45, 7) is 1.37. The Bertz CT molecular complexity index is 102. The zero-order chi connectivity index (χ0) is 6.78. The number of aliphatic carboxylic acids is 1. The predicted molar refractivity (Wildman–Crippen MR) is 26.0 cm³/mol. The number of hydrogen-bond donors (Lipinski definition) is 2. The Kier molecular flexibility index (Phi) is 1.92. The van der Waals surface area contributed by atoms with Crippen molar-refractivity contribution in [3.63, 3.8) is 0 Å². The fraction of sp³-hybridized carbons (Fsp3) is 0.750. The van der Waals surface area contributed by atoms with Gasteiger partial charge in [-0.2, -0.15) is 0 Å². The van der Waals surface area contributed by atoms with Crippen molar-refractivity contribution in [3.8, 4) is 0 Å². The SMILES string of the molecule is CCC(N)(F)C(=O)O. The van der Waals surface area contributed by atoms with Crippen LogP contribution < -0.4 is 5.73 Å². The summed E-state index contributed by atoms with van der Waals surface area (Å²) in [6, 6.07) is 0. The van der Waals surface area contributed by atoms with Crippen LogP contribution in [0.2, 0.25) is 0 Å². The lowest BCUT2D eigenvalue weighted by atomic mass is 10.2. The number of carbonyl (C=O) groups is 1. The van der Waals surface area contributed by atoms with Crippen molar-refractivity contribution >= 4 is 5.97 Å². The van der Waals surface area contributed by atoms with E-state index in [1.165, 1.54) is 6.92 Å². The maximum Gasteiger partial charge on any atom is 0.356 e. The van der Waals surface area contributed by atoms with Crippen molar-refractivity contribution in [2.45, 2.75) is 19.1 Å². The molecule has 1 unspecified atom stereocenters. The molecule has 8 heavy (non-hydrogen) atoms. The first kappa shape index (κ1) is 7.36. The molecule has 0 aromatic rings. The smallest absolute Gasteiger partial charge is 0.356 e. The van der Waals surface area contributed by atoms with Crippen LogP contribution in [-0.4, -0.2) is 16.9 Å². The lowest BCUT2D eigenvalue weighted by Gasteiger charge is -2.09. The van der Waals surface area contributed by atoms with Gasteiger partial charge in [0.2, 0.25) is 0 Å². The van der Waals surface area contributed by atoms with E-state index in [4.69, 9.17) is 5.11 Å². The van der Waals surface area contributed by atoms with Gasteiger partial charge >= 0.3 is 5.97 Å². The molecule has 0 fully saturated rings. The van der Waals surface area contributed by atoms with Gasteiger partial charge in [0.25, 0.3) is 5.79 Å². The summed E-state index contributed by atoms with van der Waals surface area (Å²) in [5.41, 5.74) is 4.59. The highest BCUT2D eigenvalue weighted by atomic mass is 19.1. The third-order valence-electron chi connectivity index (χ3n) is 0.870. The van der Waals surface area contributed by atoms with Crippen LogP contribution in [-0.2, 0) is 4.79 Å². The number of halogens is 1. The summed E-state index contributed by atoms with van der Waals surface area (Å²) in [5.74, 6) is -4.15. The first-order valence-electron chi connectivity index (χ1n) is 2.22. The van der Waals surface area contributed by atoms with Crippen molar-refractivity contribution in [1.82, 2.24) is 0 Å². The zero-order valence-electron chi connectivity index (χ0n) is 4.52. The molecule has 0 aliphatic carbocycles. The summed E-state index contributed by atoms with van der Waals surface area (Å²) in [6.07, 6.45) is -0.206. The molecule has 0 saturated carbocycles. The molecular weight excluding hydrogens is 113 g/mol. The van der Waals surface area contributed by atoms with Crippen molar-refractivity contribution in [2.24, 2.45) is 5.73 Å². The largest absolute Gasteiger partial charge is 0.478 e. The van der Waals surface area contributed by atoms with E-state index < -0.39 is 11.8 Å². The van der Waals surface area contributed by atoms with Gasteiger partial charge in [-0.1, -0.05) is 6.92 Å². The van der Waals surface area contributed by atoms with E-state index in [0.717, 1.165) is 0 Å². The molecule has 0 spiro atoms. The maximum absolute atomic E-state index is 12.1. The lowest BCUT2D eigenvalue weighted by Crippen LogP contribution is -2.42. The molecule has 0 aliphatic heterocycles. The summed E-state index contributed by atoms with van der Waals surface area (Å²) in [5, 5.41) is 7.94. The Labute approximate surface area is 46.3 Å². The van der Waals surface area contributed by atoms with E-state index in [1.807, 2.05) is 0 Å². The van der Waals surface area contributed by atoms with Crippen LogP contribution in [0.15, 0.2) is 0 Å². The molecule has 1 atom stereocenters. The van der Waals surface area contributed by atoms with Crippen molar-refractivity contribution in [3.05, 3.63) is 0 Å². The minimum Gasteiger partial charge on any atom is -0.478 e. The Morgan fingerprint density at radius 2 is 2.38 bits per heavy atom. The van der Waals surface area contributed by atoms with Crippen molar-refractivity contribution in [1.29, 1.82) is 0 Å². The first-order valence-corrected chi connectivity index (χ1v) is 2.22. The van der Waals surface area contributed by atoms with E-state index in [9.17, 15) is 9.18 Å². The van der Waals surface area contributed by atoms with E-state index in [-0.39, 0.29) is 6.42 Å². The molecule has 48 valence electrons. The second-order valence-electron chi connectivity index (χ2n) is 1.52. The number of carboxylic acid groups (broad SMARTS) is 1. The van der Waals surface area contributed by atoms with Gasteiger partial charge in [-0.3, -0.25) is 5.73 Å². The lowest BCUT2D eigenvalue weighted by molar-refractivity contribution is -0.150. The van der Waals surface area contributed by atoms with Gasteiger partial charge in [0, 0.05) is 6.42 Å². The van der Waals surface area contributed by atoms with Crippen LogP contribution in [0.25, 0.3) is 0 Å². The molecule has 0 amide bonds. The van der Waals surface area contributed by atoms with Gasteiger partial charge in [-0.05, 0) is 0 Å². The molecule has 0 bridgehead atoms. The van der Waals surface area contributed by atoms with Gasteiger partial charge in [-0.25, -0.2) is 9.18 Å². The third kappa shape index (κ3) is 1.46. The molecule has 3 nitrogen and oxygen atoms in total. The molecule has 0 aromatic heterocycles. The topological polar surface area (TPSA) is 63.3 Å². The fourth-order valence-corrected chi connectivity index (χ4v) is 0.151. The average Bonchev–Trinajstić information content (AvgIpc) is 1.67. The predicted octanol–water partition coefficient (Wildman–Crippen LogP) is 0.105. The van der Waals surface area contributed by atoms with Gasteiger partial charge < -0.3 is 5.11 Å². The summed E-state index contributed by atoms with van der Waals surface area (Å²) < 4.78 is 12.1. The summed E-state index contributed by atoms with van der Waals surface area (Å²) in [7, 11) is 0. The fourth-order valence-electron chi connectivity index (χ4n) is 0.151. The van der Waals surface area contributed by atoms with Crippen LogP contribution in [0.4, 0.5) is 4.39 Å². The minimum absolute atomic E-state index is 0.206. The second kappa shape index (κ2) is 2.09. The van der Waals surface area contributed by atoms with Crippen LogP contribution in [0, 0.1) is 0 Å². The number of nitrogens with two attached hydrogens (primary N) is 1. The monoisotopic (exact) mass is 121 g/mol.